The van der Waals surface area contributed by atoms with Gasteiger partial charge in [-0.2, -0.15) is 0 Å². The van der Waals surface area contributed by atoms with Crippen molar-refractivity contribution >= 4 is 0 Å². The van der Waals surface area contributed by atoms with Gasteiger partial charge in [0.05, 0.1) is 18.3 Å². The van der Waals surface area contributed by atoms with Crippen molar-refractivity contribution in [2.75, 3.05) is 46.8 Å². The van der Waals surface area contributed by atoms with Crippen LogP contribution in [0.3, 0.4) is 0 Å². The van der Waals surface area contributed by atoms with Gasteiger partial charge in [-0.05, 0) is 87.6 Å². The summed E-state index contributed by atoms with van der Waals surface area (Å²) in [5.74, 6) is 1.16. The monoisotopic (exact) mass is 439 g/mol. The van der Waals surface area contributed by atoms with Gasteiger partial charge in [0.2, 0.25) is 0 Å². The highest BCUT2D eigenvalue weighted by Crippen LogP contribution is 2.63. The zero-order chi connectivity index (χ0) is 22.5. The van der Waals surface area contributed by atoms with Crippen LogP contribution < -0.4 is 0 Å². The van der Waals surface area contributed by atoms with E-state index >= 15 is 0 Å². The van der Waals surface area contributed by atoms with Gasteiger partial charge in [-0.3, -0.25) is 0 Å². The minimum Gasteiger partial charge on any atom is -0.389 e. The molecule has 1 heterocycles. The van der Waals surface area contributed by atoms with E-state index in [9.17, 15) is 5.11 Å². The smallest absolute Gasteiger partial charge is 0.147 e. The van der Waals surface area contributed by atoms with Gasteiger partial charge in [-0.1, -0.05) is 33.6 Å². The largest absolute Gasteiger partial charge is 0.389 e. The molecule has 5 heteroatoms. The van der Waals surface area contributed by atoms with Gasteiger partial charge >= 0.3 is 0 Å². The van der Waals surface area contributed by atoms with Crippen molar-refractivity contribution in [3.05, 3.63) is 0 Å². The first kappa shape index (κ1) is 25.4. The van der Waals surface area contributed by atoms with Crippen LogP contribution in [0.1, 0.15) is 85.5 Å². The Labute approximate surface area is 191 Å². The molecular formula is C26H49NO4. The Hall–Kier alpha value is -0.200. The Balaban J connectivity index is 1.59. The fraction of sp³-hybridized carbons (Fsp3) is 1.00. The van der Waals surface area contributed by atoms with Gasteiger partial charge in [-0.25, -0.2) is 0 Å². The predicted molar refractivity (Wildman–Crippen MR) is 125 cm³/mol. The maximum absolute atomic E-state index is 10.5. The van der Waals surface area contributed by atoms with Crippen molar-refractivity contribution in [3.8, 4) is 0 Å². The lowest BCUT2D eigenvalue weighted by Gasteiger charge is -2.62. The Bertz CT molecular complexity index is 550. The summed E-state index contributed by atoms with van der Waals surface area (Å²) >= 11 is 0. The normalized spacial score (nSPS) is 37.4. The average molecular weight is 440 g/mol. The molecule has 3 aliphatic rings. The summed E-state index contributed by atoms with van der Waals surface area (Å²) < 4.78 is 17.7. The molecule has 1 saturated heterocycles. The van der Waals surface area contributed by atoms with Gasteiger partial charge in [0.1, 0.15) is 6.79 Å². The van der Waals surface area contributed by atoms with Gasteiger partial charge in [-0.15, -0.1) is 0 Å². The van der Waals surface area contributed by atoms with E-state index in [-0.39, 0.29) is 11.0 Å². The summed E-state index contributed by atoms with van der Waals surface area (Å²) in [6.07, 6.45) is 10.6. The summed E-state index contributed by atoms with van der Waals surface area (Å²) in [7, 11) is 1.71. The van der Waals surface area contributed by atoms with Crippen LogP contribution in [-0.4, -0.2) is 68.5 Å². The molecule has 0 aromatic heterocycles. The highest BCUT2D eigenvalue weighted by molar-refractivity contribution is 5.08. The number of ether oxygens (including phenoxy) is 3. The Kier molecular flexibility index (Phi) is 8.87. The lowest BCUT2D eigenvalue weighted by molar-refractivity contribution is -0.224. The maximum Gasteiger partial charge on any atom is 0.147 e. The fourth-order valence-corrected chi connectivity index (χ4v) is 7.52. The molecule has 5 nitrogen and oxygen atoms in total. The number of hydrogen-bond acceptors (Lipinski definition) is 5. The molecule has 182 valence electrons. The van der Waals surface area contributed by atoms with E-state index in [4.69, 9.17) is 14.2 Å². The number of β-amino-alcohol motifs (C(OH)–C–C–N with tert-alkyl or cyclic N) is 1. The molecule has 0 amide bonds. The van der Waals surface area contributed by atoms with Crippen LogP contribution in [0.4, 0.5) is 0 Å². The first-order valence-corrected chi connectivity index (χ1v) is 12.8. The third-order valence-corrected chi connectivity index (χ3v) is 9.02. The van der Waals surface area contributed by atoms with Crippen LogP contribution in [0.5, 0.6) is 0 Å². The molecule has 0 bridgehead atoms. The van der Waals surface area contributed by atoms with Crippen molar-refractivity contribution in [1.82, 2.24) is 4.90 Å². The fourth-order valence-electron chi connectivity index (χ4n) is 7.52. The van der Waals surface area contributed by atoms with Crippen molar-refractivity contribution in [2.24, 2.45) is 22.7 Å². The zero-order valence-electron chi connectivity index (χ0n) is 21.0. The molecule has 5 atom stereocenters. The van der Waals surface area contributed by atoms with Crippen LogP contribution in [0.2, 0.25) is 0 Å². The van der Waals surface area contributed by atoms with E-state index in [1.54, 1.807) is 7.11 Å². The maximum atomic E-state index is 10.5. The number of aliphatic hydroxyl groups is 1. The van der Waals surface area contributed by atoms with Crippen molar-refractivity contribution in [3.63, 3.8) is 0 Å². The second-order valence-electron chi connectivity index (χ2n) is 11.7. The minimum atomic E-state index is -0.391. The number of likely N-dealkylation sites (tertiary alicyclic amines) is 1. The van der Waals surface area contributed by atoms with Crippen molar-refractivity contribution < 1.29 is 19.3 Å². The summed E-state index contributed by atoms with van der Waals surface area (Å²) in [4.78, 5) is 2.38. The highest BCUT2D eigenvalue weighted by Gasteiger charge is 2.58. The molecule has 0 aromatic carbocycles. The quantitative estimate of drug-likeness (QED) is 0.389. The summed E-state index contributed by atoms with van der Waals surface area (Å²) in [5, 5.41) is 10.5. The van der Waals surface area contributed by atoms with Crippen LogP contribution in [0.25, 0.3) is 0 Å². The molecule has 3 fully saturated rings. The van der Waals surface area contributed by atoms with E-state index in [0.29, 0.717) is 31.3 Å². The summed E-state index contributed by atoms with van der Waals surface area (Å²) in [6.45, 7) is 14.2. The average Bonchev–Trinajstić information content (AvgIpc) is 2.71. The molecule has 2 aliphatic carbocycles. The van der Waals surface area contributed by atoms with Crippen LogP contribution in [0, 0.1) is 22.7 Å². The Morgan fingerprint density at radius 2 is 1.74 bits per heavy atom. The highest BCUT2D eigenvalue weighted by atomic mass is 16.7. The number of fused-ring (bicyclic) bond motifs is 1. The molecular weight excluding hydrogens is 390 g/mol. The van der Waals surface area contributed by atoms with Crippen LogP contribution >= 0.6 is 0 Å². The third kappa shape index (κ3) is 6.03. The van der Waals surface area contributed by atoms with Gasteiger partial charge in [0, 0.05) is 20.3 Å². The molecule has 0 spiro atoms. The van der Waals surface area contributed by atoms with Crippen LogP contribution in [0.15, 0.2) is 0 Å². The molecule has 3 rings (SSSR count). The molecule has 31 heavy (non-hydrogen) atoms. The first-order chi connectivity index (χ1) is 14.7. The number of methoxy groups -OCH3 is 1. The summed E-state index contributed by atoms with van der Waals surface area (Å²) in [6, 6.07) is 0. The number of nitrogens with zero attached hydrogens (tertiary/aromatic N) is 1. The van der Waals surface area contributed by atoms with Crippen molar-refractivity contribution in [2.45, 2.75) is 97.2 Å². The second kappa shape index (κ2) is 10.8. The van der Waals surface area contributed by atoms with E-state index < -0.39 is 6.10 Å². The summed E-state index contributed by atoms with van der Waals surface area (Å²) in [5.41, 5.74) is 0.474. The van der Waals surface area contributed by atoms with Gasteiger partial charge < -0.3 is 24.2 Å². The molecule has 1 unspecified atom stereocenters. The van der Waals surface area contributed by atoms with Crippen LogP contribution in [-0.2, 0) is 14.2 Å². The molecule has 0 radical (unpaired) electrons. The topological polar surface area (TPSA) is 51.2 Å². The molecule has 1 N–H and O–H groups in total. The number of piperidine rings is 1. The molecule has 2 saturated carbocycles. The van der Waals surface area contributed by atoms with Crippen molar-refractivity contribution in [1.29, 1.82) is 0 Å². The minimum absolute atomic E-state index is 0.176. The Morgan fingerprint density at radius 1 is 1.00 bits per heavy atom. The number of hydrogen-bond donors (Lipinski definition) is 1. The standard InChI is InChI=1S/C26H49NO4/c1-24(2)12-9-13-25(3)22(24)10-14-26(4,31-20-29-5)23(25)11-17-30-19-21(28)18-27-15-7-6-8-16-27/h21-23,28H,6-20H2,1-5H3/t21?,22-,23+,25-,26+/m0/s1. The van der Waals surface area contributed by atoms with E-state index in [2.05, 4.69) is 32.6 Å². The number of aliphatic hydroxyl groups excluding tert-OH is 1. The van der Waals surface area contributed by atoms with E-state index in [0.717, 1.165) is 38.4 Å². The molecule has 0 aromatic rings. The SMILES string of the molecule is COCO[C@]1(C)CC[C@H]2C(C)(C)CCC[C@]2(C)[C@H]1CCOCC(O)CN1CCCCC1. The van der Waals surface area contributed by atoms with Gasteiger partial charge in [0.25, 0.3) is 0 Å². The lowest BCUT2D eigenvalue weighted by Crippen LogP contribution is -2.58. The second-order valence-corrected chi connectivity index (χ2v) is 11.7. The first-order valence-electron chi connectivity index (χ1n) is 12.8. The Morgan fingerprint density at radius 3 is 2.45 bits per heavy atom. The third-order valence-electron chi connectivity index (χ3n) is 9.02. The molecule has 1 aliphatic heterocycles. The van der Waals surface area contributed by atoms with Gasteiger partial charge in [0.15, 0.2) is 0 Å². The zero-order valence-corrected chi connectivity index (χ0v) is 21.0. The predicted octanol–water partition coefficient (Wildman–Crippen LogP) is 4.86. The van der Waals surface area contributed by atoms with E-state index in [1.807, 2.05) is 0 Å². The lowest BCUT2D eigenvalue weighted by atomic mass is 9.45. The van der Waals surface area contributed by atoms with E-state index in [1.165, 1.54) is 44.9 Å². The number of rotatable bonds is 10.